The van der Waals surface area contributed by atoms with E-state index in [1.165, 1.54) is 22.3 Å². The number of rotatable bonds is 4. The third-order valence-corrected chi connectivity index (χ3v) is 4.74. The molecular formula is C19H23NO. The Morgan fingerprint density at radius 1 is 1.14 bits per heavy atom. The van der Waals surface area contributed by atoms with E-state index in [0.29, 0.717) is 6.54 Å². The maximum absolute atomic E-state index is 11.2. The van der Waals surface area contributed by atoms with E-state index in [0.717, 1.165) is 12.8 Å². The Kier molecular flexibility index (Phi) is 3.83. The fraction of sp³-hybridized carbons (Fsp3) is 0.368. The second kappa shape index (κ2) is 5.63. The number of aliphatic hydroxyl groups is 1. The van der Waals surface area contributed by atoms with Gasteiger partial charge in [-0.15, -0.1) is 0 Å². The summed E-state index contributed by atoms with van der Waals surface area (Å²) in [7, 11) is 1.91. The molecule has 2 atom stereocenters. The second-order valence-electron chi connectivity index (χ2n) is 6.19. The van der Waals surface area contributed by atoms with Gasteiger partial charge in [0.15, 0.2) is 0 Å². The molecule has 2 aromatic rings. The molecule has 0 fully saturated rings. The van der Waals surface area contributed by atoms with Crippen molar-refractivity contribution in [2.24, 2.45) is 0 Å². The highest BCUT2D eigenvalue weighted by Gasteiger charge is 2.43. The minimum atomic E-state index is -0.694. The first-order valence-electron chi connectivity index (χ1n) is 7.63. The van der Waals surface area contributed by atoms with Crippen LogP contribution in [-0.2, 0) is 12.8 Å². The van der Waals surface area contributed by atoms with E-state index in [2.05, 4.69) is 60.8 Å². The monoisotopic (exact) mass is 281 g/mol. The number of likely N-dealkylation sites (N-methyl/N-ethyl adjacent to an activating group) is 1. The molecule has 2 N–H and O–H groups in total. The SMILES string of the molecule is CNC[C@@]1(O)Cc2ccccc2[C@@H]1Cc1ccccc1C. The summed E-state index contributed by atoms with van der Waals surface area (Å²) < 4.78 is 0. The van der Waals surface area contributed by atoms with Gasteiger partial charge in [-0.3, -0.25) is 0 Å². The molecule has 0 aliphatic heterocycles. The summed E-state index contributed by atoms with van der Waals surface area (Å²) in [5.41, 5.74) is 4.52. The summed E-state index contributed by atoms with van der Waals surface area (Å²) in [6.07, 6.45) is 1.63. The number of aryl methyl sites for hydroxylation is 1. The van der Waals surface area contributed by atoms with E-state index in [1.807, 2.05) is 7.05 Å². The van der Waals surface area contributed by atoms with Crippen molar-refractivity contribution < 1.29 is 5.11 Å². The van der Waals surface area contributed by atoms with Crippen LogP contribution in [0.3, 0.4) is 0 Å². The maximum atomic E-state index is 11.2. The van der Waals surface area contributed by atoms with Crippen molar-refractivity contribution in [3.05, 3.63) is 70.8 Å². The van der Waals surface area contributed by atoms with Gasteiger partial charge in [0, 0.05) is 18.9 Å². The zero-order valence-corrected chi connectivity index (χ0v) is 12.8. The van der Waals surface area contributed by atoms with Crippen molar-refractivity contribution in [3.63, 3.8) is 0 Å². The number of fused-ring (bicyclic) bond motifs is 1. The quantitative estimate of drug-likeness (QED) is 0.903. The van der Waals surface area contributed by atoms with Crippen molar-refractivity contribution in [1.29, 1.82) is 0 Å². The Labute approximate surface area is 126 Å². The summed E-state index contributed by atoms with van der Waals surface area (Å²) in [4.78, 5) is 0. The summed E-state index contributed by atoms with van der Waals surface area (Å²) in [5.74, 6) is 0.155. The molecule has 0 bridgehead atoms. The molecule has 0 radical (unpaired) electrons. The predicted octanol–water partition coefficient (Wildman–Crippen LogP) is 2.83. The molecule has 0 saturated carbocycles. The Balaban J connectivity index is 1.98. The van der Waals surface area contributed by atoms with Crippen molar-refractivity contribution in [2.75, 3.05) is 13.6 Å². The van der Waals surface area contributed by atoms with Crippen LogP contribution in [-0.4, -0.2) is 24.3 Å². The minimum absolute atomic E-state index is 0.155. The van der Waals surface area contributed by atoms with Gasteiger partial charge in [0.1, 0.15) is 0 Å². The Morgan fingerprint density at radius 3 is 2.62 bits per heavy atom. The molecule has 2 heteroatoms. The first-order valence-corrected chi connectivity index (χ1v) is 7.63. The summed E-state index contributed by atoms with van der Waals surface area (Å²) >= 11 is 0. The van der Waals surface area contributed by atoms with Gasteiger partial charge < -0.3 is 10.4 Å². The molecule has 0 spiro atoms. The van der Waals surface area contributed by atoms with Crippen molar-refractivity contribution >= 4 is 0 Å². The van der Waals surface area contributed by atoms with Crippen LogP contribution in [0.15, 0.2) is 48.5 Å². The summed E-state index contributed by atoms with van der Waals surface area (Å²) in [6.45, 7) is 2.77. The van der Waals surface area contributed by atoms with Gasteiger partial charge in [-0.25, -0.2) is 0 Å². The number of hydrogen-bond donors (Lipinski definition) is 2. The molecule has 0 amide bonds. The third kappa shape index (κ3) is 2.61. The first-order chi connectivity index (χ1) is 10.1. The normalized spacial score (nSPS) is 24.0. The molecule has 21 heavy (non-hydrogen) atoms. The smallest absolute Gasteiger partial charge is 0.0882 e. The Morgan fingerprint density at radius 2 is 1.86 bits per heavy atom. The minimum Gasteiger partial charge on any atom is -0.388 e. The number of nitrogens with one attached hydrogen (secondary N) is 1. The molecule has 0 unspecified atom stereocenters. The van der Waals surface area contributed by atoms with E-state index in [1.54, 1.807) is 0 Å². The van der Waals surface area contributed by atoms with Gasteiger partial charge in [0.25, 0.3) is 0 Å². The van der Waals surface area contributed by atoms with E-state index in [-0.39, 0.29) is 5.92 Å². The van der Waals surface area contributed by atoms with Crippen LogP contribution in [0.5, 0.6) is 0 Å². The standard InChI is InChI=1S/C19H23NO/c1-14-7-3-4-8-15(14)11-18-17-10-6-5-9-16(17)12-19(18,21)13-20-2/h3-10,18,20-21H,11-13H2,1-2H3/t18-,19-/m0/s1. The van der Waals surface area contributed by atoms with E-state index >= 15 is 0 Å². The second-order valence-corrected chi connectivity index (χ2v) is 6.19. The van der Waals surface area contributed by atoms with Gasteiger partial charge in [-0.1, -0.05) is 48.5 Å². The molecule has 2 aromatic carbocycles. The summed E-state index contributed by atoms with van der Waals surface area (Å²) in [5, 5.41) is 14.3. The molecule has 0 aromatic heterocycles. The molecule has 1 aliphatic rings. The van der Waals surface area contributed by atoms with Crippen LogP contribution in [0.2, 0.25) is 0 Å². The zero-order valence-electron chi connectivity index (χ0n) is 12.8. The van der Waals surface area contributed by atoms with Crippen LogP contribution in [0.25, 0.3) is 0 Å². The average Bonchev–Trinajstić information content (AvgIpc) is 2.74. The topological polar surface area (TPSA) is 32.3 Å². The Bertz CT molecular complexity index is 637. The van der Waals surface area contributed by atoms with Crippen LogP contribution in [0, 0.1) is 6.92 Å². The highest BCUT2D eigenvalue weighted by Crippen LogP contribution is 2.42. The van der Waals surface area contributed by atoms with Gasteiger partial charge >= 0.3 is 0 Å². The van der Waals surface area contributed by atoms with E-state index < -0.39 is 5.60 Å². The molecule has 0 heterocycles. The van der Waals surface area contributed by atoms with Crippen LogP contribution < -0.4 is 5.32 Å². The van der Waals surface area contributed by atoms with Gasteiger partial charge in [0.2, 0.25) is 0 Å². The van der Waals surface area contributed by atoms with Crippen molar-refractivity contribution in [2.45, 2.75) is 31.3 Å². The van der Waals surface area contributed by atoms with Crippen LogP contribution >= 0.6 is 0 Å². The lowest BCUT2D eigenvalue weighted by molar-refractivity contribution is 0.0258. The fourth-order valence-corrected chi connectivity index (χ4v) is 3.63. The average molecular weight is 281 g/mol. The molecule has 0 saturated heterocycles. The van der Waals surface area contributed by atoms with Crippen molar-refractivity contribution in [1.82, 2.24) is 5.32 Å². The zero-order chi connectivity index (χ0) is 14.9. The Hall–Kier alpha value is -1.64. The van der Waals surface area contributed by atoms with E-state index in [9.17, 15) is 5.11 Å². The maximum Gasteiger partial charge on any atom is 0.0882 e. The molecule has 110 valence electrons. The van der Waals surface area contributed by atoms with E-state index in [4.69, 9.17) is 0 Å². The lowest BCUT2D eigenvalue weighted by atomic mass is 9.82. The molecule has 3 rings (SSSR count). The third-order valence-electron chi connectivity index (χ3n) is 4.74. The van der Waals surface area contributed by atoms with Gasteiger partial charge in [0.05, 0.1) is 5.60 Å². The molecular weight excluding hydrogens is 258 g/mol. The highest BCUT2D eigenvalue weighted by molar-refractivity contribution is 5.42. The largest absolute Gasteiger partial charge is 0.388 e. The fourth-order valence-electron chi connectivity index (χ4n) is 3.63. The van der Waals surface area contributed by atoms with Crippen molar-refractivity contribution in [3.8, 4) is 0 Å². The number of benzene rings is 2. The van der Waals surface area contributed by atoms with Gasteiger partial charge in [-0.2, -0.15) is 0 Å². The number of hydrogen-bond acceptors (Lipinski definition) is 2. The van der Waals surface area contributed by atoms with Crippen LogP contribution in [0.4, 0.5) is 0 Å². The lowest BCUT2D eigenvalue weighted by Gasteiger charge is -2.31. The molecule has 2 nitrogen and oxygen atoms in total. The summed E-state index contributed by atoms with van der Waals surface area (Å²) in [6, 6.07) is 16.9. The van der Waals surface area contributed by atoms with Crippen LogP contribution in [0.1, 0.15) is 28.2 Å². The lowest BCUT2D eigenvalue weighted by Crippen LogP contribution is -2.43. The first kappa shape index (κ1) is 14.3. The molecule has 1 aliphatic carbocycles. The predicted molar refractivity (Wildman–Crippen MR) is 86.6 cm³/mol. The van der Waals surface area contributed by atoms with Gasteiger partial charge in [-0.05, 0) is 42.6 Å². The highest BCUT2D eigenvalue weighted by atomic mass is 16.3.